The normalized spacial score (nSPS) is 19.6. The monoisotopic (exact) mass is 339 g/mol. The van der Waals surface area contributed by atoms with E-state index in [1.165, 1.54) is 23.2 Å². The Kier molecular flexibility index (Phi) is 4.84. The highest BCUT2D eigenvalue weighted by atomic mass is 19.4. The number of alkyl halides is 3. The molecule has 0 N–H and O–H groups in total. The number of benzene rings is 1. The maximum Gasteiger partial charge on any atom is 0.416 e. The van der Waals surface area contributed by atoms with E-state index in [0.29, 0.717) is 24.0 Å². The van der Waals surface area contributed by atoms with Crippen LogP contribution in [-0.2, 0) is 12.7 Å². The summed E-state index contributed by atoms with van der Waals surface area (Å²) in [6.45, 7) is 4.80. The molecule has 0 spiro atoms. The molecule has 24 heavy (non-hydrogen) atoms. The smallest absolute Gasteiger partial charge is 0.296 e. The second-order valence-corrected chi connectivity index (χ2v) is 6.20. The lowest BCUT2D eigenvalue weighted by Gasteiger charge is -2.31. The van der Waals surface area contributed by atoms with Gasteiger partial charge in [0.15, 0.2) is 5.82 Å². The van der Waals surface area contributed by atoms with E-state index < -0.39 is 11.7 Å². The second kappa shape index (κ2) is 6.88. The lowest BCUT2D eigenvalue weighted by molar-refractivity contribution is -0.137. The minimum absolute atomic E-state index is 0.534. The van der Waals surface area contributed by atoms with Crippen LogP contribution in [-0.4, -0.2) is 38.2 Å². The van der Waals surface area contributed by atoms with Crippen molar-refractivity contribution in [2.45, 2.75) is 38.9 Å². The number of rotatable bonds is 4. The van der Waals surface area contributed by atoms with Crippen LogP contribution < -0.4 is 0 Å². The Morgan fingerprint density at radius 2 is 1.96 bits per heavy atom. The molecule has 130 valence electrons. The van der Waals surface area contributed by atoms with Crippen molar-refractivity contribution in [1.82, 2.24) is 25.1 Å². The number of hydrogen-bond acceptors (Lipinski definition) is 4. The van der Waals surface area contributed by atoms with E-state index in [1.807, 2.05) is 0 Å². The number of likely N-dealkylation sites (tertiary alicyclic amines) is 1. The lowest BCUT2D eigenvalue weighted by atomic mass is 9.96. The molecule has 0 radical (unpaired) electrons. The molecule has 0 unspecified atom stereocenters. The van der Waals surface area contributed by atoms with Crippen molar-refractivity contribution in [2.24, 2.45) is 5.92 Å². The molecule has 2 heterocycles. The summed E-state index contributed by atoms with van der Waals surface area (Å²) in [4.78, 5) is 2.31. The molecular weight excluding hydrogens is 319 g/mol. The fourth-order valence-corrected chi connectivity index (χ4v) is 3.12. The van der Waals surface area contributed by atoms with Crippen molar-refractivity contribution in [3.8, 4) is 5.69 Å². The van der Waals surface area contributed by atoms with Crippen LogP contribution in [0.5, 0.6) is 0 Å². The molecular formula is C16H20F3N5. The van der Waals surface area contributed by atoms with E-state index in [0.717, 1.165) is 38.1 Å². The van der Waals surface area contributed by atoms with Crippen molar-refractivity contribution in [1.29, 1.82) is 0 Å². The highest BCUT2D eigenvalue weighted by Gasteiger charge is 2.30. The van der Waals surface area contributed by atoms with Gasteiger partial charge in [-0.05, 0) is 60.0 Å². The number of halogens is 3. The van der Waals surface area contributed by atoms with Gasteiger partial charge in [-0.3, -0.25) is 4.90 Å². The van der Waals surface area contributed by atoms with Gasteiger partial charge in [0.05, 0.1) is 17.8 Å². The van der Waals surface area contributed by atoms with Crippen molar-refractivity contribution in [3.05, 3.63) is 35.7 Å². The van der Waals surface area contributed by atoms with Crippen LogP contribution in [0.4, 0.5) is 13.2 Å². The van der Waals surface area contributed by atoms with Gasteiger partial charge in [-0.1, -0.05) is 13.3 Å². The van der Waals surface area contributed by atoms with Gasteiger partial charge in [-0.2, -0.15) is 17.9 Å². The number of tetrazole rings is 1. The average molecular weight is 339 g/mol. The predicted molar refractivity (Wildman–Crippen MR) is 82.4 cm³/mol. The lowest BCUT2D eigenvalue weighted by Crippen LogP contribution is -2.35. The zero-order valence-corrected chi connectivity index (χ0v) is 13.5. The molecule has 5 nitrogen and oxygen atoms in total. The third-order valence-corrected chi connectivity index (χ3v) is 4.52. The number of piperidine rings is 1. The van der Waals surface area contributed by atoms with Gasteiger partial charge in [0.25, 0.3) is 0 Å². The maximum absolute atomic E-state index is 12.7. The highest BCUT2D eigenvalue weighted by Crippen LogP contribution is 2.29. The quantitative estimate of drug-likeness (QED) is 0.857. The molecule has 8 heteroatoms. The molecule has 1 aliphatic heterocycles. The fraction of sp³-hybridized carbons (Fsp3) is 0.562. The largest absolute Gasteiger partial charge is 0.416 e. The first kappa shape index (κ1) is 16.9. The molecule has 1 saturated heterocycles. The minimum Gasteiger partial charge on any atom is -0.296 e. The zero-order valence-electron chi connectivity index (χ0n) is 13.5. The third kappa shape index (κ3) is 3.75. The van der Waals surface area contributed by atoms with E-state index in [-0.39, 0.29) is 0 Å². The predicted octanol–water partition coefficient (Wildman–Crippen LogP) is 3.30. The molecule has 1 fully saturated rings. The SMILES string of the molecule is CC[C@@H]1CCCN(Cc2nnnn2-c2ccc(C(F)(F)F)cc2)C1. The van der Waals surface area contributed by atoms with Gasteiger partial charge in [0.2, 0.25) is 0 Å². The Hall–Kier alpha value is -1.96. The van der Waals surface area contributed by atoms with Crippen LogP contribution in [0.1, 0.15) is 37.6 Å². The topological polar surface area (TPSA) is 46.8 Å². The standard InChI is InChI=1S/C16H20F3N5/c1-2-12-4-3-9-23(10-12)11-15-20-21-22-24(15)14-7-5-13(6-8-14)16(17,18)19/h5-8,12H,2-4,9-11H2,1H3/t12-/m1/s1. The summed E-state index contributed by atoms with van der Waals surface area (Å²) < 4.78 is 39.5. The molecule has 1 atom stereocenters. The van der Waals surface area contributed by atoms with E-state index in [1.54, 1.807) is 0 Å². The van der Waals surface area contributed by atoms with E-state index in [2.05, 4.69) is 27.3 Å². The van der Waals surface area contributed by atoms with Crippen molar-refractivity contribution < 1.29 is 13.2 Å². The Morgan fingerprint density at radius 3 is 2.62 bits per heavy atom. The minimum atomic E-state index is -4.34. The Balaban J connectivity index is 1.75. The molecule has 1 aliphatic rings. The zero-order chi connectivity index (χ0) is 17.2. The molecule has 1 aromatic carbocycles. The van der Waals surface area contributed by atoms with Crippen LogP contribution in [0, 0.1) is 5.92 Å². The highest BCUT2D eigenvalue weighted by molar-refractivity contribution is 5.35. The van der Waals surface area contributed by atoms with E-state index in [4.69, 9.17) is 0 Å². The van der Waals surface area contributed by atoms with Crippen molar-refractivity contribution in [2.75, 3.05) is 13.1 Å². The first-order valence-electron chi connectivity index (χ1n) is 8.14. The molecule has 0 bridgehead atoms. The Labute approximate surface area is 138 Å². The Morgan fingerprint density at radius 1 is 1.21 bits per heavy atom. The first-order chi connectivity index (χ1) is 11.5. The van der Waals surface area contributed by atoms with Crippen LogP contribution in [0.15, 0.2) is 24.3 Å². The molecule has 3 rings (SSSR count). The summed E-state index contributed by atoms with van der Waals surface area (Å²) in [7, 11) is 0. The molecule has 0 saturated carbocycles. The Bertz CT molecular complexity index is 665. The molecule has 0 aliphatic carbocycles. The van der Waals surface area contributed by atoms with Crippen molar-refractivity contribution in [3.63, 3.8) is 0 Å². The van der Waals surface area contributed by atoms with Gasteiger partial charge >= 0.3 is 6.18 Å². The maximum atomic E-state index is 12.7. The number of aromatic nitrogens is 4. The van der Waals surface area contributed by atoms with Gasteiger partial charge in [-0.15, -0.1) is 5.10 Å². The summed E-state index contributed by atoms with van der Waals surface area (Å²) in [5, 5.41) is 11.7. The van der Waals surface area contributed by atoms with Crippen LogP contribution in [0.2, 0.25) is 0 Å². The van der Waals surface area contributed by atoms with Crippen LogP contribution in [0.3, 0.4) is 0 Å². The number of nitrogens with zero attached hydrogens (tertiary/aromatic N) is 5. The van der Waals surface area contributed by atoms with Gasteiger partial charge < -0.3 is 0 Å². The van der Waals surface area contributed by atoms with Crippen molar-refractivity contribution >= 4 is 0 Å². The van der Waals surface area contributed by atoms with Crippen LogP contribution in [0.25, 0.3) is 5.69 Å². The third-order valence-electron chi connectivity index (χ3n) is 4.52. The molecule has 2 aromatic rings. The summed E-state index contributed by atoms with van der Waals surface area (Å²) in [6.07, 6.45) is -0.789. The van der Waals surface area contributed by atoms with Gasteiger partial charge in [0, 0.05) is 6.54 Å². The fourth-order valence-electron chi connectivity index (χ4n) is 3.12. The van der Waals surface area contributed by atoms with Gasteiger partial charge in [0.1, 0.15) is 0 Å². The summed E-state index contributed by atoms with van der Waals surface area (Å²) in [6, 6.07) is 4.89. The van der Waals surface area contributed by atoms with E-state index >= 15 is 0 Å². The van der Waals surface area contributed by atoms with Crippen LogP contribution >= 0.6 is 0 Å². The second-order valence-electron chi connectivity index (χ2n) is 6.20. The number of hydrogen-bond donors (Lipinski definition) is 0. The molecule has 1 aromatic heterocycles. The molecule has 0 amide bonds. The summed E-state index contributed by atoms with van der Waals surface area (Å²) >= 11 is 0. The van der Waals surface area contributed by atoms with Gasteiger partial charge in [-0.25, -0.2) is 0 Å². The first-order valence-corrected chi connectivity index (χ1v) is 8.14. The summed E-state index contributed by atoms with van der Waals surface area (Å²) in [5.41, 5.74) is -0.144. The van der Waals surface area contributed by atoms with E-state index in [9.17, 15) is 13.2 Å². The summed E-state index contributed by atoms with van der Waals surface area (Å²) in [5.74, 6) is 1.33. The average Bonchev–Trinajstić information content (AvgIpc) is 3.02.